The van der Waals surface area contributed by atoms with Crippen LogP contribution in [0, 0.1) is 0 Å². The molecule has 0 unspecified atom stereocenters. The van der Waals surface area contributed by atoms with E-state index >= 15 is 0 Å². The van der Waals surface area contributed by atoms with Crippen molar-refractivity contribution in [2.24, 2.45) is 0 Å². The van der Waals surface area contributed by atoms with Gasteiger partial charge in [0.2, 0.25) is 0 Å². The van der Waals surface area contributed by atoms with Crippen LogP contribution in [-0.4, -0.2) is 11.5 Å². The first-order valence-electron chi connectivity index (χ1n) is 13.5. The Hall–Kier alpha value is 0.350. The van der Waals surface area contributed by atoms with Gasteiger partial charge in [-0.25, -0.2) is 0 Å². The van der Waals surface area contributed by atoms with Crippen molar-refractivity contribution in [1.82, 2.24) is 0 Å². The Labute approximate surface area is 184 Å². The zero-order valence-electron chi connectivity index (χ0n) is 20.1. The van der Waals surface area contributed by atoms with Crippen molar-refractivity contribution in [3.05, 3.63) is 0 Å². The fraction of sp³-hybridized carbons (Fsp3) is 1.00. The molecule has 28 heavy (non-hydrogen) atoms. The number of rotatable bonds is 25. The van der Waals surface area contributed by atoms with Crippen LogP contribution < -0.4 is 0 Å². The number of hydrogen-bond donors (Lipinski definition) is 0. The van der Waals surface area contributed by atoms with Gasteiger partial charge in [0.05, 0.1) is 0 Å². The maximum Gasteiger partial charge on any atom is -0.00675 e. The first-order valence-corrected chi connectivity index (χ1v) is 14.6. The Bertz CT molecular complexity index is 225. The molecular formula is C27H56S. The molecule has 0 radical (unpaired) electrons. The predicted octanol–water partition coefficient (Wildman–Crippen LogP) is 10.7. The van der Waals surface area contributed by atoms with Gasteiger partial charge in [-0.2, -0.15) is 11.8 Å². The second-order valence-electron chi connectivity index (χ2n) is 9.04. The van der Waals surface area contributed by atoms with Gasteiger partial charge in [-0.1, -0.05) is 149 Å². The van der Waals surface area contributed by atoms with E-state index in [1.54, 1.807) is 0 Å². The van der Waals surface area contributed by atoms with Gasteiger partial charge in [-0.3, -0.25) is 0 Å². The Morgan fingerprint density at radius 1 is 0.286 bits per heavy atom. The Kier molecular flexibility index (Phi) is 27.7. The molecule has 0 rings (SSSR count). The summed E-state index contributed by atoms with van der Waals surface area (Å²) in [5, 5.41) is 0. The molecular weight excluding hydrogens is 356 g/mol. The third kappa shape index (κ3) is 26.4. The molecule has 0 heterocycles. The Balaban J connectivity index is 2.96. The van der Waals surface area contributed by atoms with Crippen LogP contribution in [0.2, 0.25) is 0 Å². The molecule has 0 saturated heterocycles. The van der Waals surface area contributed by atoms with E-state index in [0.717, 1.165) is 0 Å². The van der Waals surface area contributed by atoms with Gasteiger partial charge >= 0.3 is 0 Å². The van der Waals surface area contributed by atoms with Crippen molar-refractivity contribution in [1.29, 1.82) is 0 Å². The molecule has 0 spiro atoms. The van der Waals surface area contributed by atoms with Gasteiger partial charge in [-0.05, 0) is 24.3 Å². The molecule has 0 bridgehead atoms. The molecule has 0 aliphatic heterocycles. The Morgan fingerprint density at radius 3 is 0.750 bits per heavy atom. The summed E-state index contributed by atoms with van der Waals surface area (Å²) in [5.74, 6) is 2.82. The molecule has 0 saturated carbocycles. The molecule has 0 atom stereocenters. The third-order valence-corrected chi connectivity index (χ3v) is 7.19. The monoisotopic (exact) mass is 412 g/mol. The predicted molar refractivity (Wildman–Crippen MR) is 135 cm³/mol. The summed E-state index contributed by atoms with van der Waals surface area (Å²) in [7, 11) is 0. The average Bonchev–Trinajstić information content (AvgIpc) is 2.71. The van der Waals surface area contributed by atoms with E-state index in [2.05, 4.69) is 25.6 Å². The molecule has 0 nitrogen and oxygen atoms in total. The van der Waals surface area contributed by atoms with Crippen LogP contribution in [0.1, 0.15) is 162 Å². The van der Waals surface area contributed by atoms with Crippen molar-refractivity contribution in [3.63, 3.8) is 0 Å². The van der Waals surface area contributed by atoms with E-state index in [1.165, 1.54) is 159 Å². The van der Waals surface area contributed by atoms with Crippen molar-refractivity contribution in [2.45, 2.75) is 162 Å². The second kappa shape index (κ2) is 27.4. The van der Waals surface area contributed by atoms with E-state index in [0.29, 0.717) is 0 Å². The molecule has 0 aromatic heterocycles. The molecule has 0 N–H and O–H groups in total. The van der Waals surface area contributed by atoms with Gasteiger partial charge < -0.3 is 0 Å². The zero-order valence-corrected chi connectivity index (χ0v) is 20.9. The summed E-state index contributed by atoms with van der Waals surface area (Å²) in [6.45, 7) is 4.61. The molecule has 0 aliphatic rings. The summed E-state index contributed by atoms with van der Waals surface area (Å²) in [4.78, 5) is 0. The standard InChI is InChI=1S/C27H56S/c1-3-5-7-9-11-13-14-15-16-17-19-21-23-25-27-28-26-24-22-20-18-12-10-8-6-4-2/h3-27H2,1-2H3. The van der Waals surface area contributed by atoms with Crippen LogP contribution >= 0.6 is 11.8 Å². The third-order valence-electron chi connectivity index (χ3n) is 6.03. The van der Waals surface area contributed by atoms with E-state index in [4.69, 9.17) is 0 Å². The lowest BCUT2D eigenvalue weighted by atomic mass is 10.0. The van der Waals surface area contributed by atoms with Gasteiger partial charge in [0.25, 0.3) is 0 Å². The van der Waals surface area contributed by atoms with Crippen LogP contribution in [-0.2, 0) is 0 Å². The fourth-order valence-electron chi connectivity index (χ4n) is 4.02. The van der Waals surface area contributed by atoms with Crippen molar-refractivity contribution in [2.75, 3.05) is 11.5 Å². The summed E-state index contributed by atoms with van der Waals surface area (Å²) in [6, 6.07) is 0. The highest BCUT2D eigenvalue weighted by atomic mass is 32.2. The largest absolute Gasteiger partial charge is 0.162 e. The summed E-state index contributed by atoms with van der Waals surface area (Å²) >= 11 is 2.21. The van der Waals surface area contributed by atoms with Crippen LogP contribution in [0.25, 0.3) is 0 Å². The molecule has 0 fully saturated rings. The lowest BCUT2D eigenvalue weighted by Gasteiger charge is -2.04. The lowest BCUT2D eigenvalue weighted by Crippen LogP contribution is -1.87. The molecule has 1 heteroatoms. The van der Waals surface area contributed by atoms with Gasteiger partial charge in [0, 0.05) is 0 Å². The van der Waals surface area contributed by atoms with Crippen LogP contribution in [0.3, 0.4) is 0 Å². The van der Waals surface area contributed by atoms with Crippen LogP contribution in [0.4, 0.5) is 0 Å². The lowest BCUT2D eigenvalue weighted by molar-refractivity contribution is 0.538. The minimum absolute atomic E-state index is 1.37. The summed E-state index contributed by atoms with van der Waals surface area (Å²) < 4.78 is 0. The second-order valence-corrected chi connectivity index (χ2v) is 10.3. The molecule has 0 aliphatic carbocycles. The van der Waals surface area contributed by atoms with Crippen molar-refractivity contribution >= 4 is 11.8 Å². The maximum absolute atomic E-state index is 2.30. The summed E-state index contributed by atoms with van der Waals surface area (Å²) in [6.07, 6.45) is 33.7. The highest BCUT2D eigenvalue weighted by Gasteiger charge is 1.96. The summed E-state index contributed by atoms with van der Waals surface area (Å²) in [5.41, 5.74) is 0. The van der Waals surface area contributed by atoms with E-state index in [9.17, 15) is 0 Å². The normalized spacial score (nSPS) is 11.4. The smallest absolute Gasteiger partial charge is 0.00675 e. The van der Waals surface area contributed by atoms with Crippen LogP contribution in [0.5, 0.6) is 0 Å². The topological polar surface area (TPSA) is 0 Å². The van der Waals surface area contributed by atoms with E-state index in [-0.39, 0.29) is 0 Å². The first kappa shape index (κ1) is 28.4. The molecule has 170 valence electrons. The molecule has 0 aromatic carbocycles. The van der Waals surface area contributed by atoms with Crippen molar-refractivity contribution < 1.29 is 0 Å². The Morgan fingerprint density at radius 2 is 0.500 bits per heavy atom. The van der Waals surface area contributed by atoms with Gasteiger partial charge in [-0.15, -0.1) is 0 Å². The fourth-order valence-corrected chi connectivity index (χ4v) is 5.04. The quantitative estimate of drug-likeness (QED) is 0.134. The minimum atomic E-state index is 1.37. The van der Waals surface area contributed by atoms with E-state index in [1.807, 2.05) is 0 Å². The van der Waals surface area contributed by atoms with Gasteiger partial charge in [0.1, 0.15) is 0 Å². The SMILES string of the molecule is CCCCCCCCCCCCCCCCSCCCCCCCCCCC. The number of hydrogen-bond acceptors (Lipinski definition) is 1. The van der Waals surface area contributed by atoms with Crippen molar-refractivity contribution in [3.8, 4) is 0 Å². The highest BCUT2D eigenvalue weighted by molar-refractivity contribution is 7.99. The zero-order chi connectivity index (χ0) is 20.4. The maximum atomic E-state index is 2.30. The van der Waals surface area contributed by atoms with Crippen LogP contribution in [0.15, 0.2) is 0 Å². The van der Waals surface area contributed by atoms with Gasteiger partial charge in [0.15, 0.2) is 0 Å². The number of unbranched alkanes of at least 4 members (excludes halogenated alkanes) is 21. The average molecular weight is 413 g/mol. The molecule has 0 aromatic rings. The first-order chi connectivity index (χ1) is 13.9. The number of thioether (sulfide) groups is 1. The minimum Gasteiger partial charge on any atom is -0.162 e. The highest BCUT2D eigenvalue weighted by Crippen LogP contribution is 2.15. The van der Waals surface area contributed by atoms with E-state index < -0.39 is 0 Å². The molecule has 0 amide bonds.